The lowest BCUT2D eigenvalue weighted by atomic mass is 9.93. The number of rotatable bonds is 2. The van der Waals surface area contributed by atoms with Gasteiger partial charge in [-0.25, -0.2) is 0 Å². The van der Waals surface area contributed by atoms with E-state index in [-0.39, 0.29) is 17.9 Å². The van der Waals surface area contributed by atoms with Gasteiger partial charge in [0.05, 0.1) is 5.02 Å². The highest BCUT2D eigenvalue weighted by molar-refractivity contribution is 6.32. The van der Waals surface area contributed by atoms with Crippen LogP contribution in [0.3, 0.4) is 0 Å². The van der Waals surface area contributed by atoms with E-state index in [1.165, 1.54) is 0 Å². The third-order valence-electron chi connectivity index (χ3n) is 3.76. The monoisotopic (exact) mass is 323 g/mol. The van der Waals surface area contributed by atoms with Crippen molar-refractivity contribution >= 4 is 23.2 Å². The number of hydrogen-bond acceptors (Lipinski definition) is 3. The van der Waals surface area contributed by atoms with E-state index in [4.69, 9.17) is 27.9 Å². The van der Waals surface area contributed by atoms with Crippen molar-refractivity contribution < 1.29 is 9.84 Å². The van der Waals surface area contributed by atoms with Gasteiger partial charge in [0.15, 0.2) is 0 Å². The summed E-state index contributed by atoms with van der Waals surface area (Å²) >= 11 is 12.0. The molecule has 0 saturated heterocycles. The summed E-state index contributed by atoms with van der Waals surface area (Å²) in [5, 5.41) is 13.9. The van der Waals surface area contributed by atoms with Gasteiger partial charge in [-0.05, 0) is 42.9 Å². The number of phenolic OH excluding ortho intramolecular Hbond substituents is 1. The first-order valence-corrected chi connectivity index (χ1v) is 7.46. The van der Waals surface area contributed by atoms with E-state index in [0.29, 0.717) is 10.0 Å². The minimum atomic E-state index is -0.116. The quantitative estimate of drug-likeness (QED) is 0.855. The number of hydrogen-bond donors (Lipinski definition) is 2. The van der Waals surface area contributed by atoms with Crippen LogP contribution in [0.1, 0.15) is 29.7 Å². The lowest BCUT2D eigenvalue weighted by molar-refractivity contribution is 0.154. The number of halogens is 2. The van der Waals surface area contributed by atoms with Crippen molar-refractivity contribution in [2.75, 3.05) is 7.05 Å². The van der Waals surface area contributed by atoms with E-state index in [0.717, 1.165) is 23.3 Å². The fourth-order valence-corrected chi connectivity index (χ4v) is 3.01. The van der Waals surface area contributed by atoms with Crippen molar-refractivity contribution in [3.05, 3.63) is 57.6 Å². The van der Waals surface area contributed by atoms with E-state index < -0.39 is 0 Å². The SMILES string of the molecule is CNC1CC(c2ccc(O)c(Cl)c2)Oc2ccc(Cl)cc21. The smallest absolute Gasteiger partial charge is 0.134 e. The molecule has 1 aliphatic heterocycles. The highest BCUT2D eigenvalue weighted by Crippen LogP contribution is 2.42. The summed E-state index contributed by atoms with van der Waals surface area (Å²) in [6, 6.07) is 11.0. The molecule has 3 nitrogen and oxygen atoms in total. The second-order valence-corrected chi connectivity index (χ2v) is 5.92. The molecule has 0 radical (unpaired) electrons. The van der Waals surface area contributed by atoms with Gasteiger partial charge in [0.25, 0.3) is 0 Å². The lowest BCUT2D eigenvalue weighted by Gasteiger charge is -2.32. The molecule has 1 heterocycles. The van der Waals surface area contributed by atoms with Gasteiger partial charge in [0.2, 0.25) is 0 Å². The zero-order valence-corrected chi connectivity index (χ0v) is 12.9. The molecule has 0 bridgehead atoms. The van der Waals surface area contributed by atoms with Gasteiger partial charge in [0, 0.05) is 23.0 Å². The van der Waals surface area contributed by atoms with Crippen LogP contribution in [0.25, 0.3) is 0 Å². The maximum absolute atomic E-state index is 9.53. The van der Waals surface area contributed by atoms with Crippen LogP contribution in [0.5, 0.6) is 11.5 Å². The molecule has 0 saturated carbocycles. The molecular formula is C16H15Cl2NO2. The molecule has 1 aliphatic rings. The molecule has 3 rings (SSSR count). The molecule has 21 heavy (non-hydrogen) atoms. The molecule has 2 unspecified atom stereocenters. The van der Waals surface area contributed by atoms with Crippen LogP contribution in [0.15, 0.2) is 36.4 Å². The Labute approximate surface area is 133 Å². The van der Waals surface area contributed by atoms with Crippen LogP contribution in [0.2, 0.25) is 10.0 Å². The first kappa shape index (κ1) is 14.5. The maximum Gasteiger partial charge on any atom is 0.134 e. The number of phenols is 1. The zero-order valence-electron chi connectivity index (χ0n) is 11.4. The van der Waals surface area contributed by atoms with Gasteiger partial charge < -0.3 is 15.2 Å². The third-order valence-corrected chi connectivity index (χ3v) is 4.30. The van der Waals surface area contributed by atoms with Crippen molar-refractivity contribution in [2.24, 2.45) is 0 Å². The number of benzene rings is 2. The summed E-state index contributed by atoms with van der Waals surface area (Å²) in [6.07, 6.45) is 0.652. The van der Waals surface area contributed by atoms with Crippen molar-refractivity contribution in [3.8, 4) is 11.5 Å². The Balaban J connectivity index is 1.96. The van der Waals surface area contributed by atoms with Crippen LogP contribution >= 0.6 is 23.2 Å². The van der Waals surface area contributed by atoms with Crippen LogP contribution in [0, 0.1) is 0 Å². The molecule has 0 fully saturated rings. The van der Waals surface area contributed by atoms with E-state index in [1.54, 1.807) is 12.1 Å². The average molecular weight is 324 g/mol. The molecule has 2 atom stereocenters. The van der Waals surface area contributed by atoms with Gasteiger partial charge in [-0.15, -0.1) is 0 Å². The molecule has 2 aromatic carbocycles. The second kappa shape index (κ2) is 5.76. The molecular weight excluding hydrogens is 309 g/mol. The van der Waals surface area contributed by atoms with Gasteiger partial charge in [-0.2, -0.15) is 0 Å². The summed E-state index contributed by atoms with van der Waals surface area (Å²) in [4.78, 5) is 0. The molecule has 0 spiro atoms. The van der Waals surface area contributed by atoms with Gasteiger partial charge in [0.1, 0.15) is 17.6 Å². The third kappa shape index (κ3) is 2.82. The standard InChI is InChI=1S/C16H15Cl2NO2/c1-19-13-8-16(9-2-4-14(20)12(18)6-9)21-15-5-3-10(17)7-11(13)15/h2-7,13,16,19-20H,8H2,1H3. The maximum atomic E-state index is 9.53. The Hall–Kier alpha value is -1.42. The number of aromatic hydroxyl groups is 1. The molecule has 0 aliphatic carbocycles. The Morgan fingerprint density at radius 3 is 2.71 bits per heavy atom. The summed E-state index contributed by atoms with van der Waals surface area (Å²) in [5.41, 5.74) is 2.00. The van der Waals surface area contributed by atoms with Gasteiger partial charge in [-0.3, -0.25) is 0 Å². The van der Waals surface area contributed by atoms with Crippen molar-refractivity contribution in [1.82, 2.24) is 5.32 Å². The van der Waals surface area contributed by atoms with E-state index >= 15 is 0 Å². The van der Waals surface area contributed by atoms with Crippen LogP contribution in [0.4, 0.5) is 0 Å². The Bertz CT molecular complexity index is 675. The van der Waals surface area contributed by atoms with Crippen molar-refractivity contribution in [1.29, 1.82) is 0 Å². The highest BCUT2D eigenvalue weighted by atomic mass is 35.5. The van der Waals surface area contributed by atoms with E-state index in [2.05, 4.69) is 5.32 Å². The highest BCUT2D eigenvalue weighted by Gasteiger charge is 2.28. The molecule has 2 aromatic rings. The Morgan fingerprint density at radius 2 is 2.00 bits per heavy atom. The summed E-state index contributed by atoms with van der Waals surface area (Å²) in [6.45, 7) is 0. The van der Waals surface area contributed by atoms with Crippen LogP contribution in [-0.2, 0) is 0 Å². The summed E-state index contributed by atoms with van der Waals surface area (Å²) in [7, 11) is 1.92. The first-order chi connectivity index (χ1) is 10.1. The predicted molar refractivity (Wildman–Crippen MR) is 84.4 cm³/mol. The minimum Gasteiger partial charge on any atom is -0.506 e. The number of fused-ring (bicyclic) bond motifs is 1. The first-order valence-electron chi connectivity index (χ1n) is 6.70. The van der Waals surface area contributed by atoms with E-state index in [9.17, 15) is 5.11 Å². The fourth-order valence-electron chi connectivity index (χ4n) is 2.64. The van der Waals surface area contributed by atoms with Gasteiger partial charge in [-0.1, -0.05) is 29.3 Å². The molecule has 0 aromatic heterocycles. The summed E-state index contributed by atoms with van der Waals surface area (Å²) < 4.78 is 6.06. The van der Waals surface area contributed by atoms with E-state index in [1.807, 2.05) is 31.3 Å². The number of nitrogens with one attached hydrogen (secondary N) is 1. The van der Waals surface area contributed by atoms with Gasteiger partial charge >= 0.3 is 0 Å². The Morgan fingerprint density at radius 1 is 1.19 bits per heavy atom. The summed E-state index contributed by atoms with van der Waals surface area (Å²) in [5.74, 6) is 0.896. The van der Waals surface area contributed by atoms with Crippen molar-refractivity contribution in [2.45, 2.75) is 18.6 Å². The topological polar surface area (TPSA) is 41.5 Å². The zero-order chi connectivity index (χ0) is 15.0. The normalized spacial score (nSPS) is 20.7. The Kier molecular flexibility index (Phi) is 3.98. The minimum absolute atomic E-state index is 0.0774. The largest absolute Gasteiger partial charge is 0.506 e. The van der Waals surface area contributed by atoms with Crippen LogP contribution < -0.4 is 10.1 Å². The molecule has 0 amide bonds. The number of ether oxygens (including phenoxy) is 1. The predicted octanol–water partition coefficient (Wildman–Crippen LogP) is 4.48. The molecule has 110 valence electrons. The molecule has 2 N–H and O–H groups in total. The lowest BCUT2D eigenvalue weighted by Crippen LogP contribution is -2.26. The van der Waals surface area contributed by atoms with Crippen molar-refractivity contribution in [3.63, 3.8) is 0 Å². The fraction of sp³-hybridized carbons (Fsp3) is 0.250. The molecule has 5 heteroatoms. The average Bonchev–Trinajstić information content (AvgIpc) is 2.49. The van der Waals surface area contributed by atoms with Crippen LogP contribution in [-0.4, -0.2) is 12.2 Å². The second-order valence-electron chi connectivity index (χ2n) is 5.08.